The number of benzene rings is 1. The van der Waals surface area contributed by atoms with Gasteiger partial charge in [0, 0.05) is 31.2 Å². The van der Waals surface area contributed by atoms with Crippen LogP contribution in [0.1, 0.15) is 18.4 Å². The Kier molecular flexibility index (Phi) is 3.38. The van der Waals surface area contributed by atoms with Crippen LogP contribution in [0, 0.1) is 18.2 Å². The molecule has 2 rings (SSSR count). The molecule has 0 saturated heterocycles. The summed E-state index contributed by atoms with van der Waals surface area (Å²) in [7, 11) is 4.09. The molecule has 0 spiro atoms. The quantitative estimate of drug-likeness (QED) is 0.845. The molecule has 0 radical (unpaired) electrons. The molecule has 0 atom stereocenters. The maximum atomic E-state index is 13.2. The topological polar surface area (TPSA) is 15.3 Å². The van der Waals surface area contributed by atoms with Crippen molar-refractivity contribution < 1.29 is 4.39 Å². The number of anilines is 1. The first-order chi connectivity index (χ1) is 8.06. The van der Waals surface area contributed by atoms with Crippen molar-refractivity contribution in [2.75, 3.05) is 32.1 Å². The molecule has 0 aromatic heterocycles. The van der Waals surface area contributed by atoms with Crippen molar-refractivity contribution in [3.05, 3.63) is 29.6 Å². The minimum atomic E-state index is -0.126. The van der Waals surface area contributed by atoms with E-state index in [9.17, 15) is 4.39 Å². The van der Waals surface area contributed by atoms with Crippen molar-refractivity contribution in [1.82, 2.24) is 5.32 Å². The van der Waals surface area contributed by atoms with Gasteiger partial charge in [0.15, 0.2) is 0 Å². The first kappa shape index (κ1) is 12.4. The second kappa shape index (κ2) is 4.65. The third-order valence-corrected chi connectivity index (χ3v) is 3.66. The lowest BCUT2D eigenvalue weighted by atomic mass is 10.1. The molecule has 1 aromatic rings. The molecule has 1 saturated carbocycles. The summed E-state index contributed by atoms with van der Waals surface area (Å²) >= 11 is 0. The standard InChI is InChI=1S/C14H21FN2/c1-11-8-12(4-5-13(11)15)17(3)10-14(6-7-14)9-16-2/h4-5,8,16H,6-7,9-10H2,1-3H3. The molecule has 94 valence electrons. The highest BCUT2D eigenvalue weighted by molar-refractivity contribution is 5.48. The Labute approximate surface area is 103 Å². The van der Waals surface area contributed by atoms with Crippen LogP contribution in [0.15, 0.2) is 18.2 Å². The van der Waals surface area contributed by atoms with Crippen molar-refractivity contribution in [1.29, 1.82) is 0 Å². The second-order valence-electron chi connectivity index (χ2n) is 5.32. The zero-order chi connectivity index (χ0) is 12.5. The molecule has 17 heavy (non-hydrogen) atoms. The normalized spacial score (nSPS) is 16.9. The first-order valence-electron chi connectivity index (χ1n) is 6.18. The van der Waals surface area contributed by atoms with Gasteiger partial charge in [-0.1, -0.05) is 0 Å². The highest BCUT2D eigenvalue weighted by atomic mass is 19.1. The van der Waals surface area contributed by atoms with E-state index in [1.807, 2.05) is 26.1 Å². The van der Waals surface area contributed by atoms with Crippen LogP contribution in [-0.4, -0.2) is 27.2 Å². The summed E-state index contributed by atoms with van der Waals surface area (Å²) in [6, 6.07) is 5.33. The van der Waals surface area contributed by atoms with E-state index < -0.39 is 0 Å². The summed E-state index contributed by atoms with van der Waals surface area (Å²) in [6.07, 6.45) is 2.58. The van der Waals surface area contributed by atoms with Crippen molar-refractivity contribution in [3.8, 4) is 0 Å². The van der Waals surface area contributed by atoms with E-state index in [1.54, 1.807) is 6.07 Å². The number of hydrogen-bond acceptors (Lipinski definition) is 2. The summed E-state index contributed by atoms with van der Waals surface area (Å²) in [6.45, 7) is 3.92. The van der Waals surface area contributed by atoms with Gasteiger partial charge in [-0.05, 0) is 50.6 Å². The molecule has 1 aliphatic rings. The Hall–Kier alpha value is -1.09. The summed E-state index contributed by atoms with van der Waals surface area (Å²) in [5.41, 5.74) is 2.25. The lowest BCUT2D eigenvalue weighted by Crippen LogP contribution is -2.32. The summed E-state index contributed by atoms with van der Waals surface area (Å²) in [5.74, 6) is -0.126. The van der Waals surface area contributed by atoms with Crippen molar-refractivity contribution in [3.63, 3.8) is 0 Å². The SMILES string of the molecule is CNCC1(CN(C)c2ccc(F)c(C)c2)CC1. The van der Waals surface area contributed by atoms with Gasteiger partial charge in [-0.15, -0.1) is 0 Å². The van der Waals surface area contributed by atoms with E-state index in [0.29, 0.717) is 11.0 Å². The number of hydrogen-bond donors (Lipinski definition) is 1. The Morgan fingerprint density at radius 2 is 2.12 bits per heavy atom. The first-order valence-corrected chi connectivity index (χ1v) is 6.18. The molecule has 1 aromatic carbocycles. The molecule has 0 unspecified atom stereocenters. The van der Waals surface area contributed by atoms with Crippen LogP contribution in [-0.2, 0) is 0 Å². The van der Waals surface area contributed by atoms with E-state index in [-0.39, 0.29) is 5.82 Å². The number of nitrogens with one attached hydrogen (secondary N) is 1. The molecular formula is C14H21FN2. The number of aryl methyl sites for hydroxylation is 1. The molecular weight excluding hydrogens is 215 g/mol. The van der Waals surface area contributed by atoms with Gasteiger partial charge in [0.1, 0.15) is 5.82 Å². The van der Waals surface area contributed by atoms with Gasteiger partial charge >= 0.3 is 0 Å². The van der Waals surface area contributed by atoms with E-state index in [1.165, 1.54) is 12.8 Å². The molecule has 0 amide bonds. The molecule has 0 heterocycles. The monoisotopic (exact) mass is 236 g/mol. The van der Waals surface area contributed by atoms with Crippen LogP contribution >= 0.6 is 0 Å². The summed E-state index contributed by atoms with van der Waals surface area (Å²) in [4.78, 5) is 2.23. The van der Waals surface area contributed by atoms with Crippen LogP contribution in [0.2, 0.25) is 0 Å². The van der Waals surface area contributed by atoms with E-state index in [0.717, 1.165) is 18.8 Å². The minimum absolute atomic E-state index is 0.126. The molecule has 0 aliphatic heterocycles. The van der Waals surface area contributed by atoms with Gasteiger partial charge in [0.05, 0.1) is 0 Å². The largest absolute Gasteiger partial charge is 0.374 e. The molecule has 1 N–H and O–H groups in total. The van der Waals surface area contributed by atoms with Crippen LogP contribution in [0.3, 0.4) is 0 Å². The fraction of sp³-hybridized carbons (Fsp3) is 0.571. The highest BCUT2D eigenvalue weighted by Gasteiger charge is 2.42. The third kappa shape index (κ3) is 2.78. The van der Waals surface area contributed by atoms with Crippen LogP contribution in [0.25, 0.3) is 0 Å². The van der Waals surface area contributed by atoms with Crippen LogP contribution in [0.5, 0.6) is 0 Å². The summed E-state index contributed by atoms with van der Waals surface area (Å²) in [5, 5.41) is 3.26. The smallest absolute Gasteiger partial charge is 0.126 e. The van der Waals surface area contributed by atoms with E-state index >= 15 is 0 Å². The maximum absolute atomic E-state index is 13.2. The molecule has 1 fully saturated rings. The molecule has 3 heteroatoms. The molecule has 1 aliphatic carbocycles. The lowest BCUT2D eigenvalue weighted by molar-refractivity contribution is 0.482. The Balaban J connectivity index is 2.04. The lowest BCUT2D eigenvalue weighted by Gasteiger charge is -2.26. The zero-order valence-electron chi connectivity index (χ0n) is 10.9. The Morgan fingerprint density at radius 1 is 1.41 bits per heavy atom. The van der Waals surface area contributed by atoms with Crippen molar-refractivity contribution in [2.24, 2.45) is 5.41 Å². The van der Waals surface area contributed by atoms with Crippen molar-refractivity contribution in [2.45, 2.75) is 19.8 Å². The fourth-order valence-electron chi connectivity index (χ4n) is 2.40. The van der Waals surface area contributed by atoms with E-state index in [2.05, 4.69) is 17.3 Å². The number of rotatable bonds is 5. The number of halogens is 1. The average molecular weight is 236 g/mol. The highest BCUT2D eigenvalue weighted by Crippen LogP contribution is 2.45. The third-order valence-electron chi connectivity index (χ3n) is 3.66. The van der Waals surface area contributed by atoms with Gasteiger partial charge in [-0.25, -0.2) is 4.39 Å². The van der Waals surface area contributed by atoms with Crippen LogP contribution in [0.4, 0.5) is 10.1 Å². The van der Waals surface area contributed by atoms with E-state index in [4.69, 9.17) is 0 Å². The average Bonchev–Trinajstić information content (AvgIpc) is 3.02. The predicted molar refractivity (Wildman–Crippen MR) is 70.0 cm³/mol. The molecule has 0 bridgehead atoms. The zero-order valence-corrected chi connectivity index (χ0v) is 10.9. The Bertz CT molecular complexity index is 399. The number of nitrogens with zero attached hydrogens (tertiary/aromatic N) is 1. The van der Waals surface area contributed by atoms with Gasteiger partial charge < -0.3 is 10.2 Å². The van der Waals surface area contributed by atoms with Gasteiger partial charge in [0.25, 0.3) is 0 Å². The predicted octanol–water partition coefficient (Wildman–Crippen LogP) is 2.57. The van der Waals surface area contributed by atoms with Crippen LogP contribution < -0.4 is 10.2 Å². The minimum Gasteiger partial charge on any atom is -0.374 e. The molecule has 2 nitrogen and oxygen atoms in total. The van der Waals surface area contributed by atoms with Gasteiger partial charge in [0.2, 0.25) is 0 Å². The fourth-order valence-corrected chi connectivity index (χ4v) is 2.40. The maximum Gasteiger partial charge on any atom is 0.126 e. The van der Waals surface area contributed by atoms with Gasteiger partial charge in [-0.3, -0.25) is 0 Å². The van der Waals surface area contributed by atoms with Crippen molar-refractivity contribution >= 4 is 5.69 Å². The second-order valence-corrected chi connectivity index (χ2v) is 5.32. The van der Waals surface area contributed by atoms with Gasteiger partial charge in [-0.2, -0.15) is 0 Å². The summed E-state index contributed by atoms with van der Waals surface area (Å²) < 4.78 is 13.2. The Morgan fingerprint density at radius 3 is 2.65 bits per heavy atom.